The van der Waals surface area contributed by atoms with Crippen molar-refractivity contribution < 1.29 is 24.0 Å². The predicted molar refractivity (Wildman–Crippen MR) is 159 cm³/mol. The highest BCUT2D eigenvalue weighted by Crippen LogP contribution is 2.37. The van der Waals surface area contributed by atoms with Crippen LogP contribution < -0.4 is 0 Å². The Kier molecular flexibility index (Phi) is 17.4. The van der Waals surface area contributed by atoms with E-state index in [4.69, 9.17) is 19.2 Å². The fourth-order valence-corrected chi connectivity index (χ4v) is 5.42. The Morgan fingerprint density at radius 1 is 0.949 bits per heavy atom. The first-order chi connectivity index (χ1) is 18.9. The number of allylic oxidation sites excluding steroid dienone is 1. The van der Waals surface area contributed by atoms with Crippen LogP contribution in [0.25, 0.3) is 0 Å². The Balaban J connectivity index is 1.84. The Morgan fingerprint density at radius 2 is 1.64 bits per heavy atom. The van der Waals surface area contributed by atoms with Crippen molar-refractivity contribution in [1.29, 1.82) is 0 Å². The second kappa shape index (κ2) is 20.2. The van der Waals surface area contributed by atoms with Gasteiger partial charge in [-0.1, -0.05) is 114 Å². The number of hydrogen-bond donors (Lipinski definition) is 0. The van der Waals surface area contributed by atoms with Crippen molar-refractivity contribution in [1.82, 2.24) is 0 Å². The first-order valence-electron chi connectivity index (χ1n) is 15.8. The maximum absolute atomic E-state index is 11.3. The fraction of sp³-hybridized carbons (Fsp3) is 0.735. The van der Waals surface area contributed by atoms with Gasteiger partial charge < -0.3 is 9.47 Å². The van der Waals surface area contributed by atoms with Gasteiger partial charge in [0.05, 0.1) is 13.2 Å². The lowest BCUT2D eigenvalue weighted by Gasteiger charge is -2.37. The quantitative estimate of drug-likeness (QED) is 0.0385. The number of carbonyl (C=O) groups excluding carboxylic acids is 1. The Hall–Kier alpha value is -1.69. The molecule has 0 aromatic heterocycles. The molecule has 1 aliphatic carbocycles. The molecule has 3 atom stereocenters. The van der Waals surface area contributed by atoms with E-state index < -0.39 is 5.79 Å². The van der Waals surface area contributed by atoms with Crippen molar-refractivity contribution in [3.8, 4) is 0 Å². The lowest BCUT2D eigenvalue weighted by atomic mass is 9.81. The molecule has 1 aromatic carbocycles. The van der Waals surface area contributed by atoms with Gasteiger partial charge in [0.15, 0.2) is 5.79 Å². The van der Waals surface area contributed by atoms with Gasteiger partial charge in [-0.05, 0) is 57.9 Å². The molecule has 0 aliphatic heterocycles. The normalized spacial score (nSPS) is 18.9. The van der Waals surface area contributed by atoms with Gasteiger partial charge in [-0.15, -0.1) is 0 Å². The first-order valence-corrected chi connectivity index (χ1v) is 15.8. The highest BCUT2D eigenvalue weighted by Gasteiger charge is 2.34. The molecule has 0 heterocycles. The molecule has 0 N–H and O–H groups in total. The summed E-state index contributed by atoms with van der Waals surface area (Å²) in [6.07, 6.45) is 23.3. The third-order valence-corrected chi connectivity index (χ3v) is 7.66. The summed E-state index contributed by atoms with van der Waals surface area (Å²) in [7, 11) is 1.45. The van der Waals surface area contributed by atoms with E-state index >= 15 is 0 Å². The van der Waals surface area contributed by atoms with E-state index in [1.54, 1.807) is 0 Å². The van der Waals surface area contributed by atoms with Crippen LogP contribution in [0.2, 0.25) is 0 Å². The van der Waals surface area contributed by atoms with Gasteiger partial charge in [0.2, 0.25) is 0 Å². The minimum atomic E-state index is -0.824. The van der Waals surface area contributed by atoms with Crippen LogP contribution in [0.4, 0.5) is 0 Å². The zero-order chi connectivity index (χ0) is 28.2. The second-order valence-electron chi connectivity index (χ2n) is 11.6. The molecule has 1 saturated carbocycles. The first kappa shape index (κ1) is 33.5. The molecule has 0 radical (unpaired) electrons. The summed E-state index contributed by atoms with van der Waals surface area (Å²) >= 11 is 0. The molecule has 0 saturated heterocycles. The Labute approximate surface area is 238 Å². The molecular formula is C34H56O5. The van der Waals surface area contributed by atoms with Crippen molar-refractivity contribution in [2.45, 2.75) is 154 Å². The van der Waals surface area contributed by atoms with Crippen molar-refractivity contribution in [3.05, 3.63) is 48.0 Å². The number of methoxy groups -OCH3 is 1. The summed E-state index contributed by atoms with van der Waals surface area (Å²) in [6, 6.07) is 10.7. The zero-order valence-electron chi connectivity index (χ0n) is 25.3. The monoisotopic (exact) mass is 544 g/mol. The smallest absolute Gasteiger partial charge is 0.305 e. The average molecular weight is 545 g/mol. The van der Waals surface area contributed by atoms with Gasteiger partial charge in [0.25, 0.3) is 0 Å². The summed E-state index contributed by atoms with van der Waals surface area (Å²) in [5.74, 6) is -0.547. The average Bonchev–Trinajstić information content (AvgIpc) is 2.94. The molecule has 0 bridgehead atoms. The van der Waals surface area contributed by atoms with Gasteiger partial charge in [-0.25, -0.2) is 9.78 Å². The number of benzene rings is 1. The van der Waals surface area contributed by atoms with Crippen molar-refractivity contribution >= 4 is 5.97 Å². The minimum Gasteiger partial charge on any atom is -0.469 e. The topological polar surface area (TPSA) is 54.0 Å². The van der Waals surface area contributed by atoms with Crippen LogP contribution in [0.5, 0.6) is 0 Å². The molecular weight excluding hydrogens is 488 g/mol. The molecule has 2 rings (SSSR count). The largest absolute Gasteiger partial charge is 0.469 e. The van der Waals surface area contributed by atoms with Crippen LogP contribution in [0.1, 0.15) is 141 Å². The molecule has 5 nitrogen and oxygen atoms in total. The van der Waals surface area contributed by atoms with Crippen LogP contribution >= 0.6 is 0 Å². The summed E-state index contributed by atoms with van der Waals surface area (Å²) in [4.78, 5) is 23.3. The molecule has 39 heavy (non-hydrogen) atoms. The third kappa shape index (κ3) is 15.0. The molecule has 1 aromatic rings. The Morgan fingerprint density at radius 3 is 2.41 bits per heavy atom. The maximum Gasteiger partial charge on any atom is 0.305 e. The highest BCUT2D eigenvalue weighted by atomic mass is 17.2. The molecule has 0 amide bonds. The van der Waals surface area contributed by atoms with E-state index in [2.05, 4.69) is 49.4 Å². The van der Waals surface area contributed by atoms with E-state index in [9.17, 15) is 4.79 Å². The molecule has 1 fully saturated rings. The summed E-state index contributed by atoms with van der Waals surface area (Å²) in [6.45, 7) is 6.20. The number of carbonyl (C=O) groups is 1. The van der Waals surface area contributed by atoms with Crippen LogP contribution in [-0.4, -0.2) is 31.1 Å². The molecule has 1 unspecified atom stereocenters. The maximum atomic E-state index is 11.3. The van der Waals surface area contributed by atoms with E-state index in [0.29, 0.717) is 12.3 Å². The zero-order valence-corrected chi connectivity index (χ0v) is 25.3. The number of hydrogen-bond acceptors (Lipinski definition) is 5. The summed E-state index contributed by atoms with van der Waals surface area (Å²) in [5, 5.41) is 0. The van der Waals surface area contributed by atoms with Gasteiger partial charge >= 0.3 is 5.97 Å². The van der Waals surface area contributed by atoms with Crippen LogP contribution in [0.15, 0.2) is 42.5 Å². The molecule has 1 aliphatic rings. The van der Waals surface area contributed by atoms with E-state index in [1.165, 1.54) is 57.6 Å². The van der Waals surface area contributed by atoms with E-state index in [1.807, 2.05) is 13.8 Å². The second-order valence-corrected chi connectivity index (χ2v) is 11.6. The van der Waals surface area contributed by atoms with E-state index in [-0.39, 0.29) is 18.2 Å². The van der Waals surface area contributed by atoms with Gasteiger partial charge in [-0.2, -0.15) is 0 Å². The van der Waals surface area contributed by atoms with Crippen molar-refractivity contribution in [2.75, 3.05) is 7.11 Å². The van der Waals surface area contributed by atoms with Gasteiger partial charge in [-0.3, -0.25) is 4.79 Å². The van der Waals surface area contributed by atoms with Crippen LogP contribution in [0, 0.1) is 0 Å². The molecule has 0 spiro atoms. The van der Waals surface area contributed by atoms with Gasteiger partial charge in [0, 0.05) is 12.3 Å². The lowest BCUT2D eigenvalue weighted by molar-refractivity contribution is -0.437. The minimum absolute atomic E-state index is 0.0881. The predicted octanol–water partition coefficient (Wildman–Crippen LogP) is 9.60. The molecule has 222 valence electrons. The van der Waals surface area contributed by atoms with E-state index in [0.717, 1.165) is 57.8 Å². The van der Waals surface area contributed by atoms with Crippen LogP contribution in [0.3, 0.4) is 0 Å². The van der Waals surface area contributed by atoms with Crippen LogP contribution in [-0.2, 0) is 24.0 Å². The standard InChI is InChI=1S/C34H56O5/c1-5-6-7-8-9-11-17-24-30(25-18-12-10-13-19-28-33(35)36-4)38-39-34(2,3)37-32-27-21-20-26-31(32)29-22-15-14-16-23-29/h14-17,22-24,30-32H,5-13,18-21,25-28H2,1-4H3/b24-17+/t30?,31-,32+/m0/s1. The highest BCUT2D eigenvalue weighted by molar-refractivity contribution is 5.68. The Bertz CT molecular complexity index is 775. The third-order valence-electron chi connectivity index (χ3n) is 7.66. The van der Waals surface area contributed by atoms with Crippen molar-refractivity contribution in [2.24, 2.45) is 0 Å². The molecule has 5 heteroatoms. The van der Waals surface area contributed by atoms with Gasteiger partial charge in [0.1, 0.15) is 6.10 Å². The number of unbranched alkanes of at least 4 members (excludes halogenated alkanes) is 9. The fourth-order valence-electron chi connectivity index (χ4n) is 5.42. The summed E-state index contributed by atoms with van der Waals surface area (Å²) < 4.78 is 11.3. The lowest BCUT2D eigenvalue weighted by Crippen LogP contribution is -2.38. The van der Waals surface area contributed by atoms with Crippen molar-refractivity contribution in [3.63, 3.8) is 0 Å². The SMILES string of the molecule is CCCCCCC/C=C/C(CCCCCCCC(=O)OC)OOC(C)(C)O[C@@H]1CCCC[C@H]1c1ccccc1. The number of rotatable bonds is 21. The number of ether oxygens (including phenoxy) is 2. The summed E-state index contributed by atoms with van der Waals surface area (Å²) in [5.41, 5.74) is 1.35. The number of esters is 1.